The third kappa shape index (κ3) is 4.13. The van der Waals surface area contributed by atoms with Crippen molar-refractivity contribution >= 4 is 35.6 Å². The third-order valence-electron chi connectivity index (χ3n) is 4.57. The van der Waals surface area contributed by atoms with Crippen molar-refractivity contribution in [3.05, 3.63) is 28.8 Å². The maximum atomic E-state index is 12.2. The number of aryl methyl sites for hydroxylation is 1. The molecular formula is C16H23Cl2N3O. The molecule has 2 heterocycles. The van der Waals surface area contributed by atoms with Gasteiger partial charge in [0.25, 0.3) is 0 Å². The van der Waals surface area contributed by atoms with Crippen LogP contribution >= 0.6 is 24.0 Å². The average molecular weight is 344 g/mol. The largest absolute Gasteiger partial charge is 0.325 e. The number of hydrogen-bond acceptors (Lipinski definition) is 3. The Balaban J connectivity index is 0.00000176. The molecule has 6 heteroatoms. The Kier molecular flexibility index (Phi) is 6.09. The van der Waals surface area contributed by atoms with Crippen LogP contribution in [0.5, 0.6) is 0 Å². The van der Waals surface area contributed by atoms with Crippen molar-refractivity contribution in [2.75, 3.05) is 31.5 Å². The van der Waals surface area contributed by atoms with Crippen molar-refractivity contribution in [3.8, 4) is 0 Å². The second-order valence-electron chi connectivity index (χ2n) is 6.14. The quantitative estimate of drug-likeness (QED) is 0.886. The summed E-state index contributed by atoms with van der Waals surface area (Å²) in [6.45, 7) is 5.59. The van der Waals surface area contributed by atoms with Gasteiger partial charge in [-0.05, 0) is 56.0 Å². The van der Waals surface area contributed by atoms with Crippen LogP contribution in [0, 0.1) is 12.8 Å². The van der Waals surface area contributed by atoms with E-state index in [0.29, 0.717) is 23.5 Å². The van der Waals surface area contributed by atoms with Gasteiger partial charge in [0.2, 0.25) is 5.91 Å². The smallest absolute Gasteiger partial charge is 0.238 e. The SMILES string of the molecule is Cc1cc(Cl)ccc1NC(=O)CN1CCC2NCCC2C1.Cl. The topological polar surface area (TPSA) is 44.4 Å². The van der Waals surface area contributed by atoms with Crippen LogP contribution in [0.2, 0.25) is 5.02 Å². The lowest BCUT2D eigenvalue weighted by molar-refractivity contribution is -0.117. The number of hydrogen-bond donors (Lipinski definition) is 2. The van der Waals surface area contributed by atoms with Gasteiger partial charge in [-0.25, -0.2) is 0 Å². The van der Waals surface area contributed by atoms with Crippen LogP contribution < -0.4 is 10.6 Å². The molecule has 2 aliphatic rings. The average Bonchev–Trinajstić information content (AvgIpc) is 2.89. The molecular weight excluding hydrogens is 321 g/mol. The molecule has 2 unspecified atom stereocenters. The van der Waals surface area contributed by atoms with Crippen molar-refractivity contribution in [2.24, 2.45) is 5.92 Å². The Bertz CT molecular complexity index is 538. The van der Waals surface area contributed by atoms with E-state index < -0.39 is 0 Å². The number of nitrogens with one attached hydrogen (secondary N) is 2. The number of likely N-dealkylation sites (tertiary alicyclic amines) is 1. The number of rotatable bonds is 3. The fourth-order valence-corrected chi connectivity index (χ4v) is 3.65. The summed E-state index contributed by atoms with van der Waals surface area (Å²) in [4.78, 5) is 14.5. The zero-order valence-electron chi connectivity index (χ0n) is 12.8. The number of halogens is 2. The highest BCUT2D eigenvalue weighted by Crippen LogP contribution is 2.24. The minimum absolute atomic E-state index is 0. The molecule has 2 saturated heterocycles. The van der Waals surface area contributed by atoms with E-state index in [1.54, 1.807) is 6.07 Å². The Labute approximate surface area is 143 Å². The number of fused-ring (bicyclic) bond motifs is 1. The molecule has 2 N–H and O–H groups in total. The molecule has 0 saturated carbocycles. The van der Waals surface area contributed by atoms with Gasteiger partial charge in [0, 0.05) is 29.8 Å². The molecule has 0 aliphatic carbocycles. The Morgan fingerprint density at radius 2 is 2.27 bits per heavy atom. The number of nitrogens with zero attached hydrogens (tertiary/aromatic N) is 1. The first kappa shape index (κ1) is 17.5. The van der Waals surface area contributed by atoms with Crippen molar-refractivity contribution in [2.45, 2.75) is 25.8 Å². The molecule has 1 aromatic rings. The van der Waals surface area contributed by atoms with Crippen LogP contribution in [0.3, 0.4) is 0 Å². The van der Waals surface area contributed by atoms with E-state index in [9.17, 15) is 4.79 Å². The highest BCUT2D eigenvalue weighted by Gasteiger charge is 2.32. The number of benzene rings is 1. The fourth-order valence-electron chi connectivity index (χ4n) is 3.43. The predicted molar refractivity (Wildman–Crippen MR) is 93.0 cm³/mol. The predicted octanol–water partition coefficient (Wildman–Crippen LogP) is 2.69. The Hall–Kier alpha value is -0.810. The molecule has 22 heavy (non-hydrogen) atoms. The number of amides is 1. The van der Waals surface area contributed by atoms with E-state index in [1.165, 1.54) is 6.42 Å². The van der Waals surface area contributed by atoms with Gasteiger partial charge < -0.3 is 10.6 Å². The van der Waals surface area contributed by atoms with Crippen LogP contribution in [0.1, 0.15) is 18.4 Å². The van der Waals surface area contributed by atoms with Crippen molar-refractivity contribution < 1.29 is 4.79 Å². The maximum absolute atomic E-state index is 12.2. The molecule has 0 spiro atoms. The Morgan fingerprint density at radius 3 is 3.05 bits per heavy atom. The highest BCUT2D eigenvalue weighted by molar-refractivity contribution is 6.30. The van der Waals surface area contributed by atoms with Gasteiger partial charge in [-0.1, -0.05) is 11.6 Å². The number of anilines is 1. The van der Waals surface area contributed by atoms with Gasteiger partial charge in [0.05, 0.1) is 6.54 Å². The van der Waals surface area contributed by atoms with Gasteiger partial charge in [-0.2, -0.15) is 0 Å². The van der Waals surface area contributed by atoms with Crippen molar-refractivity contribution in [1.29, 1.82) is 0 Å². The second-order valence-corrected chi connectivity index (χ2v) is 6.58. The monoisotopic (exact) mass is 343 g/mol. The summed E-state index contributed by atoms with van der Waals surface area (Å²) in [5, 5.41) is 7.23. The van der Waals surface area contributed by atoms with Crippen LogP contribution in [-0.4, -0.2) is 43.0 Å². The molecule has 2 fully saturated rings. The minimum Gasteiger partial charge on any atom is -0.325 e. The summed E-state index contributed by atoms with van der Waals surface area (Å²) in [6, 6.07) is 6.21. The van der Waals surface area contributed by atoms with Gasteiger partial charge in [0.15, 0.2) is 0 Å². The van der Waals surface area contributed by atoms with Gasteiger partial charge in [-0.15, -0.1) is 12.4 Å². The van der Waals surface area contributed by atoms with Crippen LogP contribution in [0.25, 0.3) is 0 Å². The van der Waals surface area contributed by atoms with Crippen molar-refractivity contribution in [1.82, 2.24) is 10.2 Å². The summed E-state index contributed by atoms with van der Waals surface area (Å²) in [7, 11) is 0. The van der Waals surface area contributed by atoms with E-state index in [2.05, 4.69) is 15.5 Å². The summed E-state index contributed by atoms with van der Waals surface area (Å²) in [5.74, 6) is 0.772. The molecule has 3 rings (SSSR count). The Morgan fingerprint density at radius 1 is 1.45 bits per heavy atom. The molecule has 0 radical (unpaired) electrons. The number of piperidine rings is 1. The second kappa shape index (κ2) is 7.64. The van der Waals surface area contributed by atoms with Crippen molar-refractivity contribution in [3.63, 3.8) is 0 Å². The first-order valence-electron chi connectivity index (χ1n) is 7.63. The lowest BCUT2D eigenvalue weighted by Gasteiger charge is -2.34. The first-order chi connectivity index (χ1) is 10.1. The zero-order valence-corrected chi connectivity index (χ0v) is 14.3. The van der Waals surface area contributed by atoms with E-state index in [1.807, 2.05) is 19.1 Å². The lowest BCUT2D eigenvalue weighted by atomic mass is 9.93. The van der Waals surface area contributed by atoms with E-state index in [4.69, 9.17) is 11.6 Å². The summed E-state index contributed by atoms with van der Waals surface area (Å²) in [5.41, 5.74) is 1.84. The highest BCUT2D eigenvalue weighted by atomic mass is 35.5. The van der Waals surface area contributed by atoms with Gasteiger partial charge in [-0.3, -0.25) is 9.69 Å². The molecule has 122 valence electrons. The molecule has 0 bridgehead atoms. The standard InChI is InChI=1S/C16H22ClN3O.ClH/c1-11-8-13(17)2-3-14(11)19-16(21)10-20-7-5-15-12(9-20)4-6-18-15;/h2-3,8,12,15,18H,4-7,9-10H2,1H3,(H,19,21);1H. The fraction of sp³-hybridized carbons (Fsp3) is 0.562. The molecule has 1 amide bonds. The van der Waals surface area contributed by atoms with Crippen LogP contribution in [-0.2, 0) is 4.79 Å². The minimum atomic E-state index is 0. The van der Waals surface area contributed by atoms with Crippen LogP contribution in [0.15, 0.2) is 18.2 Å². The molecule has 1 aromatic carbocycles. The summed E-state index contributed by atoms with van der Waals surface area (Å²) in [6.07, 6.45) is 2.39. The van der Waals surface area contributed by atoms with Gasteiger partial charge >= 0.3 is 0 Å². The zero-order chi connectivity index (χ0) is 14.8. The normalized spacial score (nSPS) is 24.5. The maximum Gasteiger partial charge on any atom is 0.238 e. The molecule has 4 nitrogen and oxygen atoms in total. The molecule has 0 aromatic heterocycles. The summed E-state index contributed by atoms with van der Waals surface area (Å²) >= 11 is 5.93. The number of carbonyl (C=O) groups is 1. The van der Waals surface area contributed by atoms with Gasteiger partial charge in [0.1, 0.15) is 0 Å². The van der Waals surface area contributed by atoms with E-state index >= 15 is 0 Å². The van der Waals surface area contributed by atoms with E-state index in [0.717, 1.165) is 37.3 Å². The summed E-state index contributed by atoms with van der Waals surface area (Å²) < 4.78 is 0. The molecule has 2 aliphatic heterocycles. The van der Waals surface area contributed by atoms with E-state index in [-0.39, 0.29) is 18.3 Å². The number of carbonyl (C=O) groups excluding carboxylic acids is 1. The molecule has 2 atom stereocenters. The lowest BCUT2D eigenvalue weighted by Crippen LogP contribution is -2.46. The first-order valence-corrected chi connectivity index (χ1v) is 8.01. The third-order valence-corrected chi connectivity index (χ3v) is 4.80. The van der Waals surface area contributed by atoms with Crippen LogP contribution in [0.4, 0.5) is 5.69 Å².